The molecule has 3 N–H and O–H groups in total. The SMILES string of the molecule is CC1=C(C(=O)NCc2ccc(-c3ccccn3)s2)[C@@H](C)NC(=O)N1. The summed E-state index contributed by atoms with van der Waals surface area (Å²) < 4.78 is 0. The molecule has 0 saturated carbocycles. The molecule has 24 heavy (non-hydrogen) atoms. The van der Waals surface area contributed by atoms with Gasteiger partial charge >= 0.3 is 6.03 Å². The summed E-state index contributed by atoms with van der Waals surface area (Å²) >= 11 is 1.60. The van der Waals surface area contributed by atoms with Crippen molar-refractivity contribution in [2.45, 2.75) is 26.4 Å². The highest BCUT2D eigenvalue weighted by Crippen LogP contribution is 2.26. The van der Waals surface area contributed by atoms with Gasteiger partial charge in [-0.25, -0.2) is 4.79 Å². The highest BCUT2D eigenvalue weighted by atomic mass is 32.1. The number of hydrogen-bond donors (Lipinski definition) is 3. The van der Waals surface area contributed by atoms with E-state index in [2.05, 4.69) is 20.9 Å². The average molecular weight is 342 g/mol. The number of rotatable bonds is 4. The largest absolute Gasteiger partial charge is 0.347 e. The highest BCUT2D eigenvalue weighted by Gasteiger charge is 2.26. The van der Waals surface area contributed by atoms with E-state index in [9.17, 15) is 9.59 Å². The van der Waals surface area contributed by atoms with E-state index >= 15 is 0 Å². The van der Waals surface area contributed by atoms with Crippen molar-refractivity contribution < 1.29 is 9.59 Å². The molecular formula is C17H18N4O2S. The summed E-state index contributed by atoms with van der Waals surface area (Å²) in [5.41, 5.74) is 2.06. The van der Waals surface area contributed by atoms with E-state index in [1.807, 2.05) is 30.3 Å². The molecule has 2 aromatic heterocycles. The molecule has 1 aliphatic heterocycles. The van der Waals surface area contributed by atoms with E-state index in [4.69, 9.17) is 0 Å². The molecule has 7 heteroatoms. The summed E-state index contributed by atoms with van der Waals surface area (Å²) in [6.45, 7) is 3.96. The van der Waals surface area contributed by atoms with Gasteiger partial charge in [-0.2, -0.15) is 0 Å². The van der Waals surface area contributed by atoms with Crippen LogP contribution in [0.5, 0.6) is 0 Å². The average Bonchev–Trinajstić information content (AvgIpc) is 3.02. The van der Waals surface area contributed by atoms with Crippen LogP contribution in [-0.4, -0.2) is 23.0 Å². The molecule has 0 saturated heterocycles. The van der Waals surface area contributed by atoms with Crippen LogP contribution < -0.4 is 16.0 Å². The lowest BCUT2D eigenvalue weighted by Gasteiger charge is -2.25. The number of aromatic nitrogens is 1. The van der Waals surface area contributed by atoms with E-state index < -0.39 is 0 Å². The van der Waals surface area contributed by atoms with Crippen LogP contribution in [0.3, 0.4) is 0 Å². The van der Waals surface area contributed by atoms with Gasteiger partial charge in [0.15, 0.2) is 0 Å². The molecular weight excluding hydrogens is 324 g/mol. The van der Waals surface area contributed by atoms with Crippen LogP contribution in [0.25, 0.3) is 10.6 Å². The minimum absolute atomic E-state index is 0.180. The summed E-state index contributed by atoms with van der Waals surface area (Å²) in [6.07, 6.45) is 1.76. The van der Waals surface area contributed by atoms with Gasteiger partial charge in [0.05, 0.1) is 28.7 Å². The minimum Gasteiger partial charge on any atom is -0.347 e. The second-order valence-electron chi connectivity index (χ2n) is 5.52. The standard InChI is InChI=1S/C17H18N4O2S/c1-10-15(11(2)21-17(23)20-10)16(22)19-9-12-6-7-14(24-12)13-5-3-4-8-18-13/h3-8,10H,9H2,1-2H3,(H,19,22)(H2,20,21,23)/t10-/m1/s1. The number of hydrogen-bond acceptors (Lipinski definition) is 4. The Balaban J connectivity index is 1.66. The summed E-state index contributed by atoms with van der Waals surface area (Å²) in [5.74, 6) is -0.180. The number of nitrogens with one attached hydrogen (secondary N) is 3. The Hall–Kier alpha value is -2.67. The molecule has 0 aromatic carbocycles. The van der Waals surface area contributed by atoms with E-state index in [0.29, 0.717) is 17.8 Å². The molecule has 3 amide bonds. The van der Waals surface area contributed by atoms with Crippen LogP contribution in [0.1, 0.15) is 18.7 Å². The second kappa shape index (κ2) is 6.84. The lowest BCUT2D eigenvalue weighted by Crippen LogP contribution is -2.50. The van der Waals surface area contributed by atoms with Crippen molar-refractivity contribution in [1.29, 1.82) is 0 Å². The number of pyridine rings is 1. The zero-order chi connectivity index (χ0) is 17.1. The van der Waals surface area contributed by atoms with Crippen molar-refractivity contribution in [2.24, 2.45) is 0 Å². The predicted molar refractivity (Wildman–Crippen MR) is 93.2 cm³/mol. The van der Waals surface area contributed by atoms with Crippen LogP contribution in [0.2, 0.25) is 0 Å². The smallest absolute Gasteiger partial charge is 0.319 e. The first-order valence-corrected chi connectivity index (χ1v) is 8.43. The van der Waals surface area contributed by atoms with Crippen LogP contribution >= 0.6 is 11.3 Å². The number of amides is 3. The fourth-order valence-electron chi connectivity index (χ4n) is 2.62. The lowest BCUT2D eigenvalue weighted by molar-refractivity contribution is -0.118. The first-order valence-electron chi connectivity index (χ1n) is 7.61. The number of carbonyl (C=O) groups is 2. The predicted octanol–water partition coefficient (Wildman–Crippen LogP) is 2.40. The van der Waals surface area contributed by atoms with Gasteiger partial charge in [-0.05, 0) is 38.1 Å². The molecule has 1 aliphatic rings. The molecule has 3 rings (SSSR count). The Morgan fingerprint density at radius 3 is 2.88 bits per heavy atom. The van der Waals surface area contributed by atoms with Gasteiger partial charge in [-0.3, -0.25) is 9.78 Å². The first-order chi connectivity index (χ1) is 11.5. The molecule has 6 nitrogen and oxygen atoms in total. The topological polar surface area (TPSA) is 83.1 Å². The Morgan fingerprint density at radius 2 is 2.17 bits per heavy atom. The number of nitrogens with zero attached hydrogens (tertiary/aromatic N) is 1. The van der Waals surface area contributed by atoms with Gasteiger partial charge < -0.3 is 16.0 Å². The number of urea groups is 1. The Labute approximate surface area is 144 Å². The van der Waals surface area contributed by atoms with Crippen molar-refractivity contribution >= 4 is 23.3 Å². The minimum atomic E-state index is -0.314. The Morgan fingerprint density at radius 1 is 1.33 bits per heavy atom. The summed E-state index contributed by atoms with van der Waals surface area (Å²) in [4.78, 5) is 30.2. The molecule has 0 spiro atoms. The molecule has 0 fully saturated rings. The van der Waals surface area contributed by atoms with E-state index in [1.165, 1.54) is 0 Å². The fourth-order valence-corrected chi connectivity index (χ4v) is 3.54. The maximum atomic E-state index is 12.4. The van der Waals surface area contributed by atoms with Crippen molar-refractivity contribution in [3.05, 3.63) is 52.7 Å². The van der Waals surface area contributed by atoms with Crippen molar-refractivity contribution in [1.82, 2.24) is 20.9 Å². The zero-order valence-corrected chi connectivity index (χ0v) is 14.2. The summed E-state index contributed by atoms with van der Waals surface area (Å²) in [7, 11) is 0. The zero-order valence-electron chi connectivity index (χ0n) is 13.4. The maximum Gasteiger partial charge on any atom is 0.319 e. The third-order valence-electron chi connectivity index (χ3n) is 3.73. The molecule has 124 valence electrons. The van der Waals surface area contributed by atoms with Gasteiger partial charge in [0, 0.05) is 16.8 Å². The van der Waals surface area contributed by atoms with Crippen LogP contribution in [-0.2, 0) is 11.3 Å². The monoisotopic (exact) mass is 342 g/mol. The van der Waals surface area contributed by atoms with Crippen molar-refractivity contribution in [3.8, 4) is 10.6 Å². The normalized spacial score (nSPS) is 17.2. The number of carbonyl (C=O) groups excluding carboxylic acids is 2. The van der Waals surface area contributed by atoms with Crippen molar-refractivity contribution in [3.63, 3.8) is 0 Å². The molecule has 0 radical (unpaired) electrons. The van der Waals surface area contributed by atoms with E-state index in [-0.39, 0.29) is 18.0 Å². The molecule has 0 aliphatic carbocycles. The lowest BCUT2D eigenvalue weighted by atomic mass is 10.0. The van der Waals surface area contributed by atoms with Crippen molar-refractivity contribution in [2.75, 3.05) is 0 Å². The van der Waals surface area contributed by atoms with Gasteiger partial charge in [0.2, 0.25) is 0 Å². The first kappa shape index (κ1) is 16.2. The number of thiophene rings is 1. The van der Waals surface area contributed by atoms with Gasteiger partial charge in [0.1, 0.15) is 0 Å². The maximum absolute atomic E-state index is 12.4. The van der Waals surface area contributed by atoms with Gasteiger partial charge in [0.25, 0.3) is 5.91 Å². The third kappa shape index (κ3) is 3.46. The molecule has 3 heterocycles. The number of allylic oxidation sites excluding steroid dienone is 1. The quantitative estimate of drug-likeness (QED) is 0.798. The molecule has 0 unspecified atom stereocenters. The second-order valence-corrected chi connectivity index (χ2v) is 6.69. The Kier molecular flexibility index (Phi) is 4.61. The van der Waals surface area contributed by atoms with Crippen LogP contribution in [0, 0.1) is 0 Å². The van der Waals surface area contributed by atoms with Gasteiger partial charge in [-0.15, -0.1) is 11.3 Å². The Bertz CT molecular complexity index is 798. The summed E-state index contributed by atoms with van der Waals surface area (Å²) in [6, 6.07) is 9.18. The van der Waals surface area contributed by atoms with Crippen LogP contribution in [0.4, 0.5) is 4.79 Å². The summed E-state index contributed by atoms with van der Waals surface area (Å²) in [5, 5.41) is 8.23. The van der Waals surface area contributed by atoms with E-state index in [0.717, 1.165) is 15.4 Å². The molecule has 0 bridgehead atoms. The molecule has 1 atom stereocenters. The van der Waals surface area contributed by atoms with Crippen LogP contribution in [0.15, 0.2) is 47.8 Å². The fraction of sp³-hybridized carbons (Fsp3) is 0.235. The van der Waals surface area contributed by atoms with E-state index in [1.54, 1.807) is 31.4 Å². The van der Waals surface area contributed by atoms with Gasteiger partial charge in [-0.1, -0.05) is 6.07 Å². The third-order valence-corrected chi connectivity index (χ3v) is 4.84. The molecule has 2 aromatic rings. The highest BCUT2D eigenvalue weighted by molar-refractivity contribution is 7.15.